The third-order valence-electron chi connectivity index (χ3n) is 4.36. The van der Waals surface area contributed by atoms with Crippen LogP contribution in [0.25, 0.3) is 0 Å². The highest BCUT2D eigenvalue weighted by molar-refractivity contribution is 6.06. The summed E-state index contributed by atoms with van der Waals surface area (Å²) < 4.78 is 0. The van der Waals surface area contributed by atoms with Crippen molar-refractivity contribution >= 4 is 11.8 Å². The number of H-pyrrole nitrogens is 1. The summed E-state index contributed by atoms with van der Waals surface area (Å²) in [5.41, 5.74) is -0.451. The van der Waals surface area contributed by atoms with E-state index in [0.717, 1.165) is 32.1 Å². The lowest BCUT2D eigenvalue weighted by atomic mass is 9.73. The Morgan fingerprint density at radius 2 is 2.00 bits per heavy atom. The molecule has 1 aromatic heterocycles. The predicted molar refractivity (Wildman–Crippen MR) is 64.6 cm³/mol. The molecule has 1 aliphatic heterocycles. The second-order valence-corrected chi connectivity index (χ2v) is 5.53. The van der Waals surface area contributed by atoms with Gasteiger partial charge in [0.2, 0.25) is 11.8 Å². The maximum atomic E-state index is 12.6. The van der Waals surface area contributed by atoms with Crippen molar-refractivity contribution in [3.8, 4) is 0 Å². The largest absolute Gasteiger partial charge is 0.274 e. The maximum absolute atomic E-state index is 12.6. The minimum atomic E-state index is -0.451. The van der Waals surface area contributed by atoms with Crippen LogP contribution < -0.4 is 0 Å². The Kier molecular flexibility index (Phi) is 2.83. The second kappa shape index (κ2) is 4.40. The first-order valence-electron chi connectivity index (χ1n) is 6.74. The third kappa shape index (κ3) is 1.84. The Balaban J connectivity index is 1.87. The molecule has 1 aromatic rings. The molecule has 1 spiro atoms. The van der Waals surface area contributed by atoms with E-state index in [2.05, 4.69) is 20.6 Å². The molecule has 2 amide bonds. The fraction of sp³-hybridized carbons (Fsp3) is 0.750. The van der Waals surface area contributed by atoms with E-state index in [1.807, 2.05) is 0 Å². The van der Waals surface area contributed by atoms with E-state index in [1.54, 1.807) is 6.92 Å². The Morgan fingerprint density at radius 1 is 1.26 bits per heavy atom. The standard InChI is InChI=1S/C12H17N5O2/c1-8(10-13-15-16-14-10)17-9(18)7-12(11(17)19)5-3-2-4-6-12/h8H,2-7H2,1H3,(H,13,14,15,16). The number of nitrogens with zero attached hydrogens (tertiary/aromatic N) is 4. The van der Waals surface area contributed by atoms with Crippen LogP contribution in [0.1, 0.15) is 57.3 Å². The average Bonchev–Trinajstić information content (AvgIpc) is 2.99. The van der Waals surface area contributed by atoms with Crippen molar-refractivity contribution in [2.24, 2.45) is 5.41 Å². The Bertz CT molecular complexity index is 492. The number of rotatable bonds is 2. The number of hydrogen-bond donors (Lipinski definition) is 1. The molecule has 1 N–H and O–H groups in total. The van der Waals surface area contributed by atoms with Gasteiger partial charge in [0.15, 0.2) is 5.82 Å². The molecule has 1 unspecified atom stereocenters. The van der Waals surface area contributed by atoms with Gasteiger partial charge in [0.25, 0.3) is 0 Å². The van der Waals surface area contributed by atoms with Crippen molar-refractivity contribution in [2.45, 2.75) is 51.5 Å². The van der Waals surface area contributed by atoms with Crippen LogP contribution in [0.15, 0.2) is 0 Å². The molecule has 1 saturated carbocycles. The molecule has 1 saturated heterocycles. The van der Waals surface area contributed by atoms with Crippen molar-refractivity contribution in [3.05, 3.63) is 5.82 Å². The summed E-state index contributed by atoms with van der Waals surface area (Å²) in [6, 6.07) is -0.444. The maximum Gasteiger partial charge on any atom is 0.236 e. The zero-order chi connectivity index (χ0) is 13.5. The number of aromatic amines is 1. The Morgan fingerprint density at radius 3 is 2.63 bits per heavy atom. The minimum Gasteiger partial charge on any atom is -0.274 e. The fourth-order valence-corrected chi connectivity index (χ4v) is 3.29. The molecule has 2 heterocycles. The summed E-state index contributed by atoms with van der Waals surface area (Å²) in [7, 11) is 0. The number of nitrogens with one attached hydrogen (secondary N) is 1. The van der Waals surface area contributed by atoms with Gasteiger partial charge in [0, 0.05) is 6.42 Å². The summed E-state index contributed by atoms with van der Waals surface area (Å²) in [5.74, 6) is 0.230. The van der Waals surface area contributed by atoms with Crippen molar-refractivity contribution in [3.63, 3.8) is 0 Å². The van der Waals surface area contributed by atoms with Crippen molar-refractivity contribution in [2.75, 3.05) is 0 Å². The molecule has 3 rings (SSSR count). The number of likely N-dealkylation sites (tertiary alicyclic amines) is 1. The first-order chi connectivity index (χ1) is 9.14. The molecule has 1 aliphatic carbocycles. The molecule has 7 nitrogen and oxygen atoms in total. The van der Waals surface area contributed by atoms with Crippen LogP contribution in [-0.2, 0) is 9.59 Å². The molecule has 0 radical (unpaired) electrons. The second-order valence-electron chi connectivity index (χ2n) is 5.53. The minimum absolute atomic E-state index is 0.0468. The lowest BCUT2D eigenvalue weighted by molar-refractivity contribution is -0.144. The lowest BCUT2D eigenvalue weighted by Crippen LogP contribution is -2.38. The zero-order valence-corrected chi connectivity index (χ0v) is 10.9. The summed E-state index contributed by atoms with van der Waals surface area (Å²) >= 11 is 0. The summed E-state index contributed by atoms with van der Waals surface area (Å²) in [6.45, 7) is 1.77. The number of carbonyl (C=O) groups excluding carboxylic acids is 2. The normalized spacial score (nSPS) is 24.2. The first-order valence-corrected chi connectivity index (χ1v) is 6.74. The summed E-state index contributed by atoms with van der Waals surface area (Å²) in [5, 5.41) is 13.6. The van der Waals surface area contributed by atoms with Gasteiger partial charge in [0.05, 0.1) is 5.41 Å². The van der Waals surface area contributed by atoms with E-state index in [-0.39, 0.29) is 11.8 Å². The van der Waals surface area contributed by atoms with E-state index in [4.69, 9.17) is 0 Å². The number of hydrogen-bond acceptors (Lipinski definition) is 5. The summed E-state index contributed by atoms with van der Waals surface area (Å²) in [4.78, 5) is 26.2. The molecule has 19 heavy (non-hydrogen) atoms. The van der Waals surface area contributed by atoms with Crippen LogP contribution >= 0.6 is 0 Å². The number of tetrazole rings is 1. The molecule has 2 aliphatic rings. The van der Waals surface area contributed by atoms with E-state index in [1.165, 1.54) is 4.90 Å². The highest BCUT2D eigenvalue weighted by Gasteiger charge is 2.53. The van der Waals surface area contributed by atoms with E-state index in [0.29, 0.717) is 12.2 Å². The van der Waals surface area contributed by atoms with Gasteiger partial charge in [-0.3, -0.25) is 14.5 Å². The van der Waals surface area contributed by atoms with Gasteiger partial charge in [-0.2, -0.15) is 5.21 Å². The quantitative estimate of drug-likeness (QED) is 0.803. The zero-order valence-electron chi connectivity index (χ0n) is 10.9. The highest BCUT2D eigenvalue weighted by atomic mass is 16.2. The van der Waals surface area contributed by atoms with Gasteiger partial charge in [-0.1, -0.05) is 24.5 Å². The monoisotopic (exact) mass is 263 g/mol. The molecule has 0 aromatic carbocycles. The highest BCUT2D eigenvalue weighted by Crippen LogP contribution is 2.47. The molecule has 2 fully saturated rings. The van der Waals surface area contributed by atoms with Gasteiger partial charge >= 0.3 is 0 Å². The lowest BCUT2D eigenvalue weighted by Gasteiger charge is -2.31. The predicted octanol–water partition coefficient (Wildman–Crippen LogP) is 0.970. The van der Waals surface area contributed by atoms with Gasteiger partial charge in [0.1, 0.15) is 6.04 Å². The number of imide groups is 1. The Hall–Kier alpha value is -1.79. The van der Waals surface area contributed by atoms with Crippen molar-refractivity contribution in [1.82, 2.24) is 25.5 Å². The number of carbonyl (C=O) groups is 2. The number of aromatic nitrogens is 4. The smallest absolute Gasteiger partial charge is 0.236 e. The van der Waals surface area contributed by atoms with Gasteiger partial charge in [-0.25, -0.2) is 0 Å². The molecular weight excluding hydrogens is 246 g/mol. The van der Waals surface area contributed by atoms with Gasteiger partial charge in [-0.05, 0) is 19.8 Å². The molecular formula is C12H17N5O2. The van der Waals surface area contributed by atoms with Crippen LogP contribution in [0.5, 0.6) is 0 Å². The van der Waals surface area contributed by atoms with E-state index >= 15 is 0 Å². The SMILES string of the molecule is CC(c1nn[nH]n1)N1C(=O)CC2(CCCCC2)C1=O. The first kappa shape index (κ1) is 12.3. The van der Waals surface area contributed by atoms with Crippen LogP contribution in [0, 0.1) is 5.41 Å². The van der Waals surface area contributed by atoms with E-state index in [9.17, 15) is 9.59 Å². The molecule has 0 bridgehead atoms. The summed E-state index contributed by atoms with van der Waals surface area (Å²) in [6.07, 6.45) is 5.21. The van der Waals surface area contributed by atoms with Crippen molar-refractivity contribution in [1.29, 1.82) is 0 Å². The van der Waals surface area contributed by atoms with Crippen LogP contribution in [-0.4, -0.2) is 37.3 Å². The van der Waals surface area contributed by atoms with E-state index < -0.39 is 11.5 Å². The topological polar surface area (TPSA) is 91.8 Å². The average molecular weight is 263 g/mol. The van der Waals surface area contributed by atoms with Crippen molar-refractivity contribution < 1.29 is 9.59 Å². The molecule has 1 atom stereocenters. The van der Waals surface area contributed by atoms with Crippen LogP contribution in [0.3, 0.4) is 0 Å². The number of amides is 2. The fourth-order valence-electron chi connectivity index (χ4n) is 3.29. The van der Waals surface area contributed by atoms with Gasteiger partial charge in [-0.15, -0.1) is 10.2 Å². The molecule has 7 heteroatoms. The van der Waals surface area contributed by atoms with Crippen LogP contribution in [0.2, 0.25) is 0 Å². The molecule has 102 valence electrons. The van der Waals surface area contributed by atoms with Crippen LogP contribution in [0.4, 0.5) is 0 Å². The van der Waals surface area contributed by atoms with Gasteiger partial charge < -0.3 is 0 Å². The third-order valence-corrected chi connectivity index (χ3v) is 4.36. The Labute approximate surface area is 110 Å².